The van der Waals surface area contributed by atoms with Crippen LogP contribution in [0.5, 0.6) is 5.75 Å². The second kappa shape index (κ2) is 8.43. The maximum Gasteiger partial charge on any atom is 0.275 e. The molecule has 0 radical (unpaired) electrons. The van der Waals surface area contributed by atoms with Crippen LogP contribution in [0.2, 0.25) is 0 Å². The summed E-state index contributed by atoms with van der Waals surface area (Å²) in [5, 5.41) is 6.32. The van der Waals surface area contributed by atoms with Crippen molar-refractivity contribution in [3.8, 4) is 16.9 Å². The molecule has 5 nitrogen and oxygen atoms in total. The maximum atomic E-state index is 14.0. The van der Waals surface area contributed by atoms with Crippen molar-refractivity contribution in [2.75, 3.05) is 7.11 Å². The zero-order valence-corrected chi connectivity index (χ0v) is 17.8. The van der Waals surface area contributed by atoms with Crippen molar-refractivity contribution < 1.29 is 13.5 Å². The number of rotatable bonds is 5. The van der Waals surface area contributed by atoms with Crippen LogP contribution in [0, 0.1) is 11.6 Å². The van der Waals surface area contributed by atoms with Gasteiger partial charge in [0.25, 0.3) is 5.56 Å². The van der Waals surface area contributed by atoms with Crippen molar-refractivity contribution in [1.82, 2.24) is 14.8 Å². The number of nitrogens with zero attached hydrogens (tertiary/aromatic N) is 3. The number of hydrogen-bond donors (Lipinski definition) is 0. The van der Waals surface area contributed by atoms with Crippen LogP contribution in [-0.2, 0) is 13.0 Å². The minimum atomic E-state index is -1.02. The van der Waals surface area contributed by atoms with Gasteiger partial charge in [-0.05, 0) is 23.8 Å². The van der Waals surface area contributed by atoms with E-state index in [1.807, 2.05) is 36.4 Å². The van der Waals surface area contributed by atoms with Gasteiger partial charge in [-0.2, -0.15) is 5.10 Å². The van der Waals surface area contributed by atoms with Crippen LogP contribution in [0.15, 0.2) is 77.7 Å². The Morgan fingerprint density at radius 3 is 2.55 bits per heavy atom. The summed E-state index contributed by atoms with van der Waals surface area (Å²) >= 11 is 0. The molecule has 33 heavy (non-hydrogen) atoms. The molecule has 0 saturated carbocycles. The SMILES string of the molecule is COc1cc(F)c(F)cc1-c1cccc2cnn(CCc3ccc4ccccc4n3)c(=O)c12. The van der Waals surface area contributed by atoms with E-state index in [0.29, 0.717) is 34.9 Å². The molecule has 7 heteroatoms. The topological polar surface area (TPSA) is 57.0 Å². The minimum Gasteiger partial charge on any atom is -0.496 e. The number of aromatic nitrogens is 3. The van der Waals surface area contributed by atoms with Gasteiger partial charge in [-0.15, -0.1) is 0 Å². The third kappa shape index (κ3) is 3.82. The highest BCUT2D eigenvalue weighted by Gasteiger charge is 2.17. The van der Waals surface area contributed by atoms with Crippen molar-refractivity contribution in [3.63, 3.8) is 0 Å². The smallest absolute Gasteiger partial charge is 0.275 e. The van der Waals surface area contributed by atoms with Gasteiger partial charge in [-0.25, -0.2) is 13.5 Å². The van der Waals surface area contributed by atoms with E-state index in [-0.39, 0.29) is 11.3 Å². The first-order chi connectivity index (χ1) is 16.0. The van der Waals surface area contributed by atoms with E-state index in [2.05, 4.69) is 10.1 Å². The highest BCUT2D eigenvalue weighted by molar-refractivity contribution is 5.97. The normalized spacial score (nSPS) is 11.2. The molecule has 2 heterocycles. The molecule has 0 aliphatic heterocycles. The predicted octanol–water partition coefficient (Wildman–Crippen LogP) is 5.14. The van der Waals surface area contributed by atoms with Gasteiger partial charge in [0.1, 0.15) is 5.75 Å². The Bertz CT molecular complexity index is 1560. The van der Waals surface area contributed by atoms with Gasteiger partial charge < -0.3 is 4.74 Å². The van der Waals surface area contributed by atoms with Crippen molar-refractivity contribution in [2.24, 2.45) is 0 Å². The third-order valence-electron chi connectivity index (χ3n) is 5.65. The number of benzene rings is 3. The summed E-state index contributed by atoms with van der Waals surface area (Å²) in [6, 6.07) is 19.0. The summed E-state index contributed by atoms with van der Waals surface area (Å²) in [6.07, 6.45) is 2.11. The first-order valence-electron chi connectivity index (χ1n) is 10.4. The Labute approximate surface area is 187 Å². The quantitative estimate of drug-likeness (QED) is 0.377. The van der Waals surface area contributed by atoms with Crippen LogP contribution >= 0.6 is 0 Å². The van der Waals surface area contributed by atoms with Crippen LogP contribution in [0.25, 0.3) is 32.8 Å². The first-order valence-corrected chi connectivity index (χ1v) is 10.4. The molecule has 0 unspecified atom stereocenters. The lowest BCUT2D eigenvalue weighted by atomic mass is 9.99. The molecule has 0 aliphatic rings. The Balaban J connectivity index is 1.56. The summed E-state index contributed by atoms with van der Waals surface area (Å²) in [4.78, 5) is 18.0. The lowest BCUT2D eigenvalue weighted by molar-refractivity contribution is 0.408. The van der Waals surface area contributed by atoms with Gasteiger partial charge in [0.2, 0.25) is 0 Å². The van der Waals surface area contributed by atoms with E-state index in [4.69, 9.17) is 4.74 Å². The molecule has 0 bridgehead atoms. The molecule has 2 aromatic heterocycles. The van der Waals surface area contributed by atoms with E-state index in [1.165, 1.54) is 11.8 Å². The predicted molar refractivity (Wildman–Crippen MR) is 123 cm³/mol. The standard InChI is InChI=1S/C26H19F2N3O2/c1-33-24-14-22(28)21(27)13-20(24)19-7-4-6-17-15-29-31(26(32)25(17)19)12-11-18-10-9-16-5-2-3-8-23(16)30-18/h2-10,13-15H,11-12H2,1H3. The summed E-state index contributed by atoms with van der Waals surface area (Å²) in [6.45, 7) is 0.323. The summed E-state index contributed by atoms with van der Waals surface area (Å²) in [5.41, 5.74) is 2.16. The maximum absolute atomic E-state index is 14.0. The Morgan fingerprint density at radius 2 is 1.70 bits per heavy atom. The number of hydrogen-bond acceptors (Lipinski definition) is 4. The van der Waals surface area contributed by atoms with Crippen LogP contribution < -0.4 is 10.3 Å². The molecule has 0 N–H and O–H groups in total. The molecule has 0 fully saturated rings. The fourth-order valence-electron chi connectivity index (χ4n) is 3.99. The van der Waals surface area contributed by atoms with E-state index in [9.17, 15) is 13.6 Å². The largest absolute Gasteiger partial charge is 0.496 e. The van der Waals surface area contributed by atoms with Crippen LogP contribution in [-0.4, -0.2) is 21.9 Å². The zero-order chi connectivity index (χ0) is 22.9. The molecule has 0 spiro atoms. The van der Waals surface area contributed by atoms with Gasteiger partial charge in [0.15, 0.2) is 11.6 Å². The fraction of sp³-hybridized carbons (Fsp3) is 0.115. The van der Waals surface area contributed by atoms with Crippen molar-refractivity contribution in [1.29, 1.82) is 0 Å². The number of halogens is 2. The number of para-hydroxylation sites is 1. The van der Waals surface area contributed by atoms with Gasteiger partial charge >= 0.3 is 0 Å². The van der Waals surface area contributed by atoms with E-state index in [0.717, 1.165) is 28.7 Å². The molecular formula is C26H19F2N3O2. The Hall–Kier alpha value is -4.13. The van der Waals surface area contributed by atoms with Crippen molar-refractivity contribution >= 4 is 21.7 Å². The number of methoxy groups -OCH3 is 1. The van der Waals surface area contributed by atoms with Crippen molar-refractivity contribution in [2.45, 2.75) is 13.0 Å². The molecule has 3 aromatic carbocycles. The van der Waals surface area contributed by atoms with Gasteiger partial charge in [-0.3, -0.25) is 9.78 Å². The molecule has 0 saturated heterocycles. The molecule has 5 rings (SSSR count). The van der Waals surface area contributed by atoms with Gasteiger partial charge in [0.05, 0.1) is 30.8 Å². The highest BCUT2D eigenvalue weighted by Crippen LogP contribution is 2.35. The average molecular weight is 443 g/mol. The summed E-state index contributed by atoms with van der Waals surface area (Å²) < 4.78 is 34.4. The Morgan fingerprint density at radius 1 is 0.909 bits per heavy atom. The highest BCUT2D eigenvalue weighted by atomic mass is 19.2. The van der Waals surface area contributed by atoms with Crippen LogP contribution in [0.1, 0.15) is 5.69 Å². The summed E-state index contributed by atoms with van der Waals surface area (Å²) in [7, 11) is 1.37. The minimum absolute atomic E-state index is 0.143. The second-order valence-electron chi connectivity index (χ2n) is 7.65. The number of pyridine rings is 1. The number of aryl methyl sites for hydroxylation is 2. The third-order valence-corrected chi connectivity index (χ3v) is 5.65. The Kier molecular flexibility index (Phi) is 5.30. The first kappa shape index (κ1) is 20.8. The molecule has 164 valence electrons. The van der Waals surface area contributed by atoms with Crippen LogP contribution in [0.4, 0.5) is 8.78 Å². The van der Waals surface area contributed by atoms with E-state index in [1.54, 1.807) is 24.4 Å². The molecule has 0 atom stereocenters. The lowest BCUT2D eigenvalue weighted by Gasteiger charge is -2.13. The second-order valence-corrected chi connectivity index (χ2v) is 7.65. The average Bonchev–Trinajstić information content (AvgIpc) is 2.84. The van der Waals surface area contributed by atoms with E-state index >= 15 is 0 Å². The molecule has 0 aliphatic carbocycles. The van der Waals surface area contributed by atoms with Crippen molar-refractivity contribution in [3.05, 3.63) is 101 Å². The lowest BCUT2D eigenvalue weighted by Crippen LogP contribution is -2.24. The number of ether oxygens (including phenoxy) is 1. The van der Waals surface area contributed by atoms with E-state index < -0.39 is 11.6 Å². The van der Waals surface area contributed by atoms with Gasteiger partial charge in [0, 0.05) is 34.5 Å². The summed E-state index contributed by atoms with van der Waals surface area (Å²) in [5.74, 6) is -1.89. The monoisotopic (exact) mass is 443 g/mol. The number of fused-ring (bicyclic) bond motifs is 2. The van der Waals surface area contributed by atoms with Gasteiger partial charge in [-0.1, -0.05) is 42.5 Å². The molecule has 5 aromatic rings. The van der Waals surface area contributed by atoms with Crippen LogP contribution in [0.3, 0.4) is 0 Å². The molecule has 0 amide bonds. The zero-order valence-electron chi connectivity index (χ0n) is 17.8. The fourth-order valence-corrected chi connectivity index (χ4v) is 3.99. The molecular weight excluding hydrogens is 424 g/mol.